The van der Waals surface area contributed by atoms with Crippen LogP contribution in [0.2, 0.25) is 0 Å². The monoisotopic (exact) mass is 1540 g/mol. The lowest BCUT2D eigenvalue weighted by molar-refractivity contribution is -0.368. The molecule has 43 heteroatoms. The maximum absolute atomic E-state index is 14.4. The van der Waals surface area contributed by atoms with Crippen LogP contribution in [-0.4, -0.2) is 288 Å². The molecule has 600 valence electrons. The van der Waals surface area contributed by atoms with Gasteiger partial charge in [0.1, 0.15) is 69.2 Å². The van der Waals surface area contributed by atoms with E-state index in [0.717, 1.165) is 118 Å². The lowest BCUT2D eigenvalue weighted by Gasteiger charge is -2.51. The van der Waals surface area contributed by atoms with Crippen LogP contribution in [0.15, 0.2) is 0 Å². The first-order valence-electron chi connectivity index (χ1n) is 32.7. The first-order chi connectivity index (χ1) is 50.0. The molecule has 0 aromatic heterocycles. The van der Waals surface area contributed by atoms with E-state index in [0.29, 0.717) is 0 Å². The van der Waals surface area contributed by atoms with Crippen LogP contribution in [-0.2, 0) is 200 Å². The molecule has 0 saturated carbocycles. The van der Waals surface area contributed by atoms with Crippen LogP contribution in [0, 0.1) is 0 Å². The van der Waals surface area contributed by atoms with Crippen LogP contribution < -0.4 is 5.32 Å². The van der Waals surface area contributed by atoms with Crippen molar-refractivity contribution in [3.05, 3.63) is 0 Å². The van der Waals surface area contributed by atoms with Gasteiger partial charge in [0.05, 0.1) is 32.3 Å². The third-order valence-electron chi connectivity index (χ3n) is 15.3. The Hall–Kier alpha value is -9.37. The summed E-state index contributed by atoms with van der Waals surface area (Å²) in [5.41, 5.74) is 0. The van der Waals surface area contributed by atoms with Crippen molar-refractivity contribution in [1.82, 2.24) is 5.32 Å². The third-order valence-corrected chi connectivity index (χ3v) is 15.3. The Labute approximate surface area is 609 Å². The summed E-state index contributed by atoms with van der Waals surface area (Å²) >= 11 is 0. The average Bonchev–Trinajstić information content (AvgIpc) is 0.883. The topological polar surface area (TPSA) is 533 Å². The van der Waals surface area contributed by atoms with Gasteiger partial charge in [0.15, 0.2) is 86.2 Å². The van der Waals surface area contributed by atoms with Crippen LogP contribution in [0.5, 0.6) is 0 Å². The van der Waals surface area contributed by atoms with Gasteiger partial charge in [-0.3, -0.25) is 76.7 Å². The van der Waals surface area contributed by atoms with E-state index in [1.165, 1.54) is 0 Å². The quantitative estimate of drug-likeness (QED) is 0.0531. The second-order valence-corrected chi connectivity index (χ2v) is 24.3. The summed E-state index contributed by atoms with van der Waals surface area (Å²) in [6, 6.07) is -2.00. The fourth-order valence-electron chi connectivity index (χ4n) is 11.9. The molecule has 5 saturated heterocycles. The molecule has 43 nitrogen and oxygen atoms in total. The van der Waals surface area contributed by atoms with Crippen molar-refractivity contribution in [2.24, 2.45) is 0 Å². The maximum atomic E-state index is 14.4. The van der Waals surface area contributed by atoms with E-state index in [1.54, 1.807) is 0 Å². The molecule has 0 aromatic carbocycles. The van der Waals surface area contributed by atoms with Gasteiger partial charge in [-0.15, -0.1) is 0 Å². The molecule has 5 aliphatic heterocycles. The number of carbonyl (C=O) groups is 17. The lowest BCUT2D eigenvalue weighted by Crippen LogP contribution is -2.71. The molecule has 0 spiro atoms. The van der Waals surface area contributed by atoms with Gasteiger partial charge in [0, 0.05) is 111 Å². The molecule has 5 aliphatic rings. The average molecular weight is 1540 g/mol. The molecule has 5 heterocycles. The van der Waals surface area contributed by atoms with E-state index in [-0.39, 0.29) is 0 Å². The molecule has 1 unspecified atom stereocenters. The lowest BCUT2D eigenvalue weighted by atomic mass is 9.87. The van der Waals surface area contributed by atoms with Gasteiger partial charge in [-0.2, -0.15) is 0 Å². The molecule has 5 rings (SSSR count). The van der Waals surface area contributed by atoms with E-state index >= 15 is 0 Å². The Kier molecular flexibility index (Phi) is 33.0. The highest BCUT2D eigenvalue weighted by molar-refractivity contribution is 5.82. The van der Waals surface area contributed by atoms with E-state index in [2.05, 4.69) is 5.32 Å². The Morgan fingerprint density at radius 3 is 1.03 bits per heavy atom. The van der Waals surface area contributed by atoms with Crippen LogP contribution in [0.25, 0.3) is 0 Å². The highest BCUT2D eigenvalue weighted by atomic mass is 16.8. The molecule has 1 N–H and O–H groups in total. The van der Waals surface area contributed by atoms with Crippen molar-refractivity contribution >= 4 is 101 Å². The number of nitrogens with one attached hydrogen (secondary N) is 1. The van der Waals surface area contributed by atoms with Gasteiger partial charge in [-0.1, -0.05) is 0 Å². The molecule has 5 fully saturated rings. The molecular weight excluding hydrogens is 1450 g/mol. The van der Waals surface area contributed by atoms with E-state index in [1.807, 2.05) is 0 Å². The molecule has 24 atom stereocenters. The van der Waals surface area contributed by atoms with E-state index in [4.69, 9.17) is 118 Å². The Morgan fingerprint density at radius 2 is 0.692 bits per heavy atom. The number of carbonyl (C=O) groups excluding carboxylic acids is 17. The number of hydrogen-bond donors (Lipinski definition) is 1. The smallest absolute Gasteiger partial charge is 0.379 e. The first-order valence-corrected chi connectivity index (χ1v) is 32.7. The summed E-state index contributed by atoms with van der Waals surface area (Å²) in [5, 5.41) is 2.51. The largest absolute Gasteiger partial charge is 0.464 e. The van der Waals surface area contributed by atoms with Crippen molar-refractivity contribution in [3.63, 3.8) is 0 Å². The summed E-state index contributed by atoms with van der Waals surface area (Å²) in [4.78, 5) is 223. The Morgan fingerprint density at radius 1 is 0.364 bits per heavy atom. The van der Waals surface area contributed by atoms with Crippen molar-refractivity contribution in [1.29, 1.82) is 0 Å². The number of hydrogen-bond acceptors (Lipinski definition) is 42. The fraction of sp³-hybridized carbons (Fsp3) is 0.734. The normalized spacial score (nSPS) is 31.3. The van der Waals surface area contributed by atoms with Gasteiger partial charge in [-0.25, -0.2) is 4.79 Å². The van der Waals surface area contributed by atoms with Crippen LogP contribution >= 0.6 is 0 Å². The van der Waals surface area contributed by atoms with Crippen LogP contribution in [0.1, 0.15) is 117 Å². The summed E-state index contributed by atoms with van der Waals surface area (Å²) in [5.74, 6) is -22.1. The highest BCUT2D eigenvalue weighted by Crippen LogP contribution is 2.43. The molecule has 0 aromatic rings. The van der Waals surface area contributed by atoms with Gasteiger partial charge in [-0.05, 0) is 0 Å². The number of esters is 16. The summed E-state index contributed by atoms with van der Waals surface area (Å²) in [6.07, 6.45) is -45.8. The zero-order chi connectivity index (χ0) is 80.2. The number of ether oxygens (including phenoxy) is 25. The van der Waals surface area contributed by atoms with Gasteiger partial charge < -0.3 is 124 Å². The standard InChI is InChI=1S/C64H87NO42/c1-24(66)65-46-40(18-64(63(82)83-17,106-39(16)81)107-52(46)47(90-30(7)72)41(89-29(6)71)19-84-25(2)67)99-60-58(98-38(15)80)54(105-62-56(96-36(13)78)51(94-34(11)76)44(103-62)22-87-28(5)70)49(92-32(9)74)45(101-60)23-88-59-57(97-37(14)79)53(48(91-31(8)73)42(100-59)20-85-26(3)68)104-61-55(95-35(12)77)50(93-33(10)75)43(102-61)21-86-27(4)69/h40-62H,18-23H2,1-17H3,(H,65,66)/t40-,41+,42+,43-,44-,45+,46+,47+,48-,49-,50-,51-,52+,53-,54-,55+,56+,57+,58+,59-,60-,61-,62-,64?/m0/s1. The fourth-order valence-corrected chi connectivity index (χ4v) is 11.9. The molecule has 1 amide bonds. The van der Waals surface area contributed by atoms with Gasteiger partial charge in [0.2, 0.25) is 5.91 Å². The van der Waals surface area contributed by atoms with Crippen molar-refractivity contribution in [2.75, 3.05) is 40.1 Å². The van der Waals surface area contributed by atoms with E-state index < -0.39 is 288 Å². The maximum Gasteiger partial charge on any atom is 0.379 e. The van der Waals surface area contributed by atoms with Crippen LogP contribution in [0.4, 0.5) is 0 Å². The van der Waals surface area contributed by atoms with Crippen molar-refractivity contribution in [3.8, 4) is 0 Å². The zero-order valence-corrected chi connectivity index (χ0v) is 61.2. The zero-order valence-electron chi connectivity index (χ0n) is 61.2. The predicted octanol–water partition coefficient (Wildman–Crippen LogP) is -2.65. The summed E-state index contributed by atoms with van der Waals surface area (Å²) in [6.45, 7) is 10.1. The summed E-state index contributed by atoms with van der Waals surface area (Å²) in [7, 11) is 0.797. The third kappa shape index (κ3) is 25.9. The second kappa shape index (κ2) is 40.0. The molecule has 0 radical (unpaired) electrons. The van der Waals surface area contributed by atoms with Crippen molar-refractivity contribution in [2.45, 2.75) is 264 Å². The molecule has 0 bridgehead atoms. The Bertz CT molecular complexity index is 3260. The molecule has 107 heavy (non-hydrogen) atoms. The first kappa shape index (κ1) is 88.3. The SMILES string of the molecule is COC(=O)C1(OC(C)=O)C[C@H](O[C@H]2O[C@H](CO[C@H]3O[C@H](COC(C)=O)[C@H](OC(C)=O)[C@H](O[C@@H]4O[C@@H](COC(C)=O)[C@H](OC(C)=O)[C@H]4OC(C)=O)[C@H]3OC(C)=O)[C@H](OC(C)=O)[C@H](O[C@@H]3O[C@@H](COC(C)=O)[C@H](OC(C)=O)[C@H]3OC(C)=O)[C@H]2OC(C)=O)[C@@H](NC(C)=O)[C@H]([C@H](OC(C)=O)[C@@H](COC(C)=O)OC(C)=O)O1. The van der Waals surface area contributed by atoms with Gasteiger partial charge in [0.25, 0.3) is 0 Å². The number of amides is 1. The predicted molar refractivity (Wildman–Crippen MR) is 331 cm³/mol. The van der Waals surface area contributed by atoms with E-state index in [9.17, 15) is 81.5 Å². The molecular formula is C64H87NO42. The molecule has 0 aliphatic carbocycles. The van der Waals surface area contributed by atoms with Gasteiger partial charge >= 0.3 is 101 Å². The minimum Gasteiger partial charge on any atom is -0.464 e. The summed E-state index contributed by atoms with van der Waals surface area (Å²) < 4.78 is 146. The number of methoxy groups -OCH3 is 1. The number of rotatable bonds is 32. The minimum atomic E-state index is -3.14. The second-order valence-electron chi connectivity index (χ2n) is 24.3. The van der Waals surface area contributed by atoms with Crippen LogP contribution in [0.3, 0.4) is 0 Å². The Balaban J connectivity index is 1.88. The highest BCUT2D eigenvalue weighted by Gasteiger charge is 2.64. The van der Waals surface area contributed by atoms with Crippen molar-refractivity contribution < 1.29 is 200 Å². The minimum absolute atomic E-state index is 0.692.